The zero-order valence-electron chi connectivity index (χ0n) is 16.2. The summed E-state index contributed by atoms with van der Waals surface area (Å²) in [6, 6.07) is 19.5. The van der Waals surface area contributed by atoms with Gasteiger partial charge in [-0.25, -0.2) is 0 Å². The van der Waals surface area contributed by atoms with Crippen molar-refractivity contribution < 1.29 is 19.5 Å². The van der Waals surface area contributed by atoms with Crippen molar-refractivity contribution in [2.75, 3.05) is 0 Å². The zero-order chi connectivity index (χ0) is 21.3. The smallest absolute Gasteiger partial charge is 0.303 e. The van der Waals surface area contributed by atoms with Crippen LogP contribution in [0.5, 0.6) is 0 Å². The summed E-state index contributed by atoms with van der Waals surface area (Å²) in [6.07, 6.45) is -0.217. The monoisotopic (exact) mass is 422 g/mol. The summed E-state index contributed by atoms with van der Waals surface area (Å²) in [5, 5.41) is 16.4. The van der Waals surface area contributed by atoms with Crippen LogP contribution in [0.4, 0.5) is 0 Å². The van der Waals surface area contributed by atoms with Gasteiger partial charge in [0.15, 0.2) is 0 Å². The molecule has 0 saturated carbocycles. The molecule has 3 N–H and O–H groups in total. The van der Waals surface area contributed by atoms with Gasteiger partial charge in [-0.2, -0.15) is 0 Å². The second-order valence-electron chi connectivity index (χ2n) is 6.72. The summed E-state index contributed by atoms with van der Waals surface area (Å²) in [6.45, 7) is 0.299. The molecule has 0 unspecified atom stereocenters. The highest BCUT2D eigenvalue weighted by molar-refractivity contribution is 7.13. The Hall–Kier alpha value is -3.45. The third-order valence-corrected chi connectivity index (χ3v) is 5.43. The van der Waals surface area contributed by atoms with E-state index in [4.69, 9.17) is 5.11 Å². The number of benzene rings is 2. The van der Waals surface area contributed by atoms with Gasteiger partial charge in [-0.1, -0.05) is 48.5 Å². The van der Waals surface area contributed by atoms with E-state index in [1.807, 2.05) is 53.9 Å². The summed E-state index contributed by atoms with van der Waals surface area (Å²) in [5.74, 6) is -1.86. The number of carbonyl (C=O) groups is 3. The molecule has 6 nitrogen and oxygen atoms in total. The Kier molecular flexibility index (Phi) is 7.34. The molecular weight excluding hydrogens is 400 g/mol. The van der Waals surface area contributed by atoms with Gasteiger partial charge < -0.3 is 15.7 Å². The molecule has 3 rings (SSSR count). The molecular formula is C23H22N2O4S. The number of hydrogen-bond acceptors (Lipinski definition) is 4. The average molecular weight is 423 g/mol. The lowest BCUT2D eigenvalue weighted by molar-refractivity contribution is -0.137. The van der Waals surface area contributed by atoms with Crippen molar-refractivity contribution in [3.8, 4) is 10.4 Å². The second-order valence-corrected chi connectivity index (χ2v) is 7.67. The number of nitrogens with one attached hydrogen (secondary N) is 2. The van der Waals surface area contributed by atoms with Crippen LogP contribution in [0, 0.1) is 0 Å². The standard InChI is InChI=1S/C23H22N2O4S/c26-21(27)12-11-19(23(29)24-15-16-6-2-1-3-7-16)25-22(28)18-9-4-8-17(14-18)20-10-5-13-30-20/h1-10,13-14,19H,11-12,15H2,(H,24,29)(H,25,28)(H,26,27)/t19-/m0/s1. The number of aliphatic carboxylic acids is 1. The molecule has 0 spiro atoms. The van der Waals surface area contributed by atoms with Gasteiger partial charge in [0.05, 0.1) is 0 Å². The highest BCUT2D eigenvalue weighted by Crippen LogP contribution is 2.25. The summed E-state index contributed by atoms with van der Waals surface area (Å²) in [7, 11) is 0. The zero-order valence-corrected chi connectivity index (χ0v) is 17.0. The maximum Gasteiger partial charge on any atom is 0.303 e. The van der Waals surface area contributed by atoms with E-state index in [9.17, 15) is 14.4 Å². The van der Waals surface area contributed by atoms with E-state index in [1.165, 1.54) is 0 Å². The number of amides is 2. The fraction of sp³-hybridized carbons (Fsp3) is 0.174. The molecule has 0 radical (unpaired) electrons. The normalized spacial score (nSPS) is 11.5. The number of carboxylic acids is 1. The molecule has 1 atom stereocenters. The molecule has 2 amide bonds. The lowest BCUT2D eigenvalue weighted by atomic mass is 10.1. The minimum absolute atomic E-state index is 0.00626. The van der Waals surface area contributed by atoms with Crippen molar-refractivity contribution >= 4 is 29.1 Å². The van der Waals surface area contributed by atoms with E-state index >= 15 is 0 Å². The average Bonchev–Trinajstić information content (AvgIpc) is 3.30. The van der Waals surface area contributed by atoms with Crippen LogP contribution in [0.25, 0.3) is 10.4 Å². The van der Waals surface area contributed by atoms with Crippen molar-refractivity contribution in [2.45, 2.75) is 25.4 Å². The maximum absolute atomic E-state index is 12.8. The Morgan fingerprint density at radius 1 is 0.967 bits per heavy atom. The number of carbonyl (C=O) groups excluding carboxylic acids is 2. The first-order chi connectivity index (χ1) is 14.5. The fourth-order valence-corrected chi connectivity index (χ4v) is 3.67. The molecule has 30 heavy (non-hydrogen) atoms. The first-order valence-electron chi connectivity index (χ1n) is 9.51. The SMILES string of the molecule is O=C(O)CC[C@H](NC(=O)c1cccc(-c2cccs2)c1)C(=O)NCc1ccccc1. The summed E-state index contributed by atoms with van der Waals surface area (Å²) in [5.41, 5.74) is 2.24. The minimum Gasteiger partial charge on any atom is -0.481 e. The van der Waals surface area contributed by atoms with E-state index in [0.717, 1.165) is 16.0 Å². The van der Waals surface area contributed by atoms with E-state index in [1.54, 1.807) is 29.5 Å². The van der Waals surface area contributed by atoms with E-state index in [-0.39, 0.29) is 12.8 Å². The number of thiophene rings is 1. The van der Waals surface area contributed by atoms with E-state index < -0.39 is 23.8 Å². The van der Waals surface area contributed by atoms with Gasteiger partial charge in [0.25, 0.3) is 5.91 Å². The molecule has 7 heteroatoms. The van der Waals surface area contributed by atoms with Crippen LogP contribution < -0.4 is 10.6 Å². The lowest BCUT2D eigenvalue weighted by Gasteiger charge is -2.18. The van der Waals surface area contributed by atoms with Crippen molar-refractivity contribution in [3.63, 3.8) is 0 Å². The van der Waals surface area contributed by atoms with Gasteiger partial charge in [0, 0.05) is 23.4 Å². The Balaban J connectivity index is 1.69. The van der Waals surface area contributed by atoms with Gasteiger partial charge in [0.1, 0.15) is 6.04 Å². The summed E-state index contributed by atoms with van der Waals surface area (Å²) >= 11 is 1.57. The van der Waals surface area contributed by atoms with Crippen LogP contribution in [0.1, 0.15) is 28.8 Å². The van der Waals surface area contributed by atoms with Gasteiger partial charge in [0.2, 0.25) is 5.91 Å². The molecule has 1 aromatic heterocycles. The number of rotatable bonds is 9. The molecule has 1 heterocycles. The lowest BCUT2D eigenvalue weighted by Crippen LogP contribution is -2.46. The number of hydrogen-bond donors (Lipinski definition) is 3. The third-order valence-electron chi connectivity index (χ3n) is 4.51. The van der Waals surface area contributed by atoms with Crippen molar-refractivity contribution in [1.82, 2.24) is 10.6 Å². The van der Waals surface area contributed by atoms with Crippen LogP contribution in [0.3, 0.4) is 0 Å². The first-order valence-corrected chi connectivity index (χ1v) is 10.4. The van der Waals surface area contributed by atoms with Crippen LogP contribution in [-0.4, -0.2) is 28.9 Å². The van der Waals surface area contributed by atoms with E-state index in [2.05, 4.69) is 10.6 Å². The maximum atomic E-state index is 12.8. The molecule has 0 saturated heterocycles. The largest absolute Gasteiger partial charge is 0.481 e. The quantitative estimate of drug-likeness (QED) is 0.490. The third kappa shape index (κ3) is 6.02. The van der Waals surface area contributed by atoms with Gasteiger partial charge >= 0.3 is 5.97 Å². The highest BCUT2D eigenvalue weighted by atomic mass is 32.1. The summed E-state index contributed by atoms with van der Waals surface area (Å²) < 4.78 is 0. The van der Waals surface area contributed by atoms with Gasteiger partial charge in [-0.3, -0.25) is 14.4 Å². The molecule has 0 aliphatic carbocycles. The van der Waals surface area contributed by atoms with Gasteiger partial charge in [-0.05, 0) is 41.1 Å². The van der Waals surface area contributed by atoms with Crippen LogP contribution in [0.15, 0.2) is 72.1 Å². The molecule has 2 aromatic carbocycles. The topological polar surface area (TPSA) is 95.5 Å². The van der Waals surface area contributed by atoms with Crippen molar-refractivity contribution in [1.29, 1.82) is 0 Å². The second kappa shape index (κ2) is 10.4. The van der Waals surface area contributed by atoms with Gasteiger partial charge in [-0.15, -0.1) is 11.3 Å². The van der Waals surface area contributed by atoms with Crippen molar-refractivity contribution in [3.05, 3.63) is 83.2 Å². The minimum atomic E-state index is -1.02. The van der Waals surface area contributed by atoms with Crippen LogP contribution >= 0.6 is 11.3 Å². The molecule has 0 bridgehead atoms. The Morgan fingerprint density at radius 2 is 1.77 bits per heavy atom. The fourth-order valence-electron chi connectivity index (χ4n) is 2.94. The number of carboxylic acid groups (broad SMARTS) is 1. The Labute approximate surface area is 178 Å². The van der Waals surface area contributed by atoms with E-state index in [0.29, 0.717) is 12.1 Å². The van der Waals surface area contributed by atoms with Crippen LogP contribution in [-0.2, 0) is 16.1 Å². The molecule has 0 fully saturated rings. The summed E-state index contributed by atoms with van der Waals surface area (Å²) in [4.78, 5) is 37.4. The molecule has 0 aliphatic heterocycles. The molecule has 0 aliphatic rings. The Morgan fingerprint density at radius 3 is 2.47 bits per heavy atom. The first kappa shape index (κ1) is 21.3. The van der Waals surface area contributed by atoms with Crippen LogP contribution in [0.2, 0.25) is 0 Å². The van der Waals surface area contributed by atoms with Crippen molar-refractivity contribution in [2.24, 2.45) is 0 Å². The predicted octanol–water partition coefficient (Wildman–Crippen LogP) is 3.69. The predicted molar refractivity (Wildman–Crippen MR) is 116 cm³/mol. The molecule has 3 aromatic rings. The molecule has 154 valence electrons. The highest BCUT2D eigenvalue weighted by Gasteiger charge is 2.22. The Bertz CT molecular complexity index is 1000.